The molecule has 1 saturated carbocycles. The van der Waals surface area contributed by atoms with Crippen LogP contribution in [0.25, 0.3) is 0 Å². The first kappa shape index (κ1) is 16.2. The molecule has 2 aliphatic rings. The summed E-state index contributed by atoms with van der Waals surface area (Å²) in [5.74, 6) is 0.455. The van der Waals surface area contributed by atoms with Crippen molar-refractivity contribution in [1.82, 2.24) is 9.97 Å². The number of fused-ring (bicyclic) bond motifs is 1. The van der Waals surface area contributed by atoms with Gasteiger partial charge in [-0.3, -0.25) is 9.59 Å². The molecule has 0 aromatic carbocycles. The Morgan fingerprint density at radius 2 is 2.17 bits per heavy atom. The second-order valence-corrected chi connectivity index (χ2v) is 7.22. The highest BCUT2D eigenvalue weighted by molar-refractivity contribution is 5.73. The number of aromatic amines is 1. The Balaban J connectivity index is 1.70. The molecule has 1 saturated heterocycles. The number of nitrogens with one attached hydrogen (secondary N) is 1. The standard InChI is InChI=1S/C17H24N2O4/c1-9-12(16(21)19-10(2)18-9)8-13(20)23-15-11-6-5-7-22-14(11)17(15,3)4/h11,14-15H,5-8H2,1-4H3,(H,18,19,21)/t11-,14+,15-/m1/s1. The van der Waals surface area contributed by atoms with E-state index < -0.39 is 0 Å². The molecule has 6 heteroatoms. The summed E-state index contributed by atoms with van der Waals surface area (Å²) in [6.45, 7) is 8.39. The molecular formula is C17H24N2O4. The van der Waals surface area contributed by atoms with Gasteiger partial charge >= 0.3 is 5.97 Å². The van der Waals surface area contributed by atoms with Crippen molar-refractivity contribution < 1.29 is 14.3 Å². The third kappa shape index (κ3) is 2.80. The number of carbonyl (C=O) groups excluding carboxylic acids is 1. The van der Waals surface area contributed by atoms with Crippen molar-refractivity contribution in [3.05, 3.63) is 27.4 Å². The molecule has 0 amide bonds. The van der Waals surface area contributed by atoms with Gasteiger partial charge in [0.2, 0.25) is 0 Å². The van der Waals surface area contributed by atoms with E-state index in [4.69, 9.17) is 9.47 Å². The maximum Gasteiger partial charge on any atom is 0.310 e. The van der Waals surface area contributed by atoms with Crippen LogP contribution in [0.5, 0.6) is 0 Å². The Labute approximate surface area is 135 Å². The van der Waals surface area contributed by atoms with Gasteiger partial charge in [0.05, 0.1) is 12.5 Å². The molecular weight excluding hydrogens is 296 g/mol. The second kappa shape index (κ2) is 5.74. The Hall–Kier alpha value is -1.69. The molecule has 1 N–H and O–H groups in total. The van der Waals surface area contributed by atoms with Gasteiger partial charge in [0, 0.05) is 29.2 Å². The van der Waals surface area contributed by atoms with Crippen molar-refractivity contribution in [3.8, 4) is 0 Å². The highest BCUT2D eigenvalue weighted by Crippen LogP contribution is 2.52. The van der Waals surface area contributed by atoms with Gasteiger partial charge in [-0.2, -0.15) is 0 Å². The number of H-pyrrole nitrogens is 1. The van der Waals surface area contributed by atoms with Gasteiger partial charge in [-0.25, -0.2) is 4.98 Å². The van der Waals surface area contributed by atoms with Crippen molar-refractivity contribution in [1.29, 1.82) is 0 Å². The molecule has 2 fully saturated rings. The minimum Gasteiger partial charge on any atom is -0.461 e. The SMILES string of the molecule is Cc1nc(C)c(CC(=O)O[C@@H]2[C@@H]3CCCO[C@@H]3C2(C)C)c(=O)[nH]1. The molecule has 1 aromatic rings. The highest BCUT2D eigenvalue weighted by atomic mass is 16.6. The average Bonchev–Trinajstić information content (AvgIpc) is 2.48. The number of rotatable bonds is 3. The summed E-state index contributed by atoms with van der Waals surface area (Å²) >= 11 is 0. The lowest BCUT2D eigenvalue weighted by Gasteiger charge is -2.58. The molecule has 3 rings (SSSR count). The smallest absolute Gasteiger partial charge is 0.310 e. The first-order valence-corrected chi connectivity index (χ1v) is 8.18. The quantitative estimate of drug-likeness (QED) is 0.857. The largest absolute Gasteiger partial charge is 0.461 e. The zero-order valence-corrected chi connectivity index (χ0v) is 14.1. The van der Waals surface area contributed by atoms with Crippen LogP contribution in [-0.4, -0.2) is 34.8 Å². The predicted octanol–water partition coefficient (Wildman–Crippen LogP) is 1.68. The van der Waals surface area contributed by atoms with Crippen LogP contribution in [0.15, 0.2) is 4.79 Å². The van der Waals surface area contributed by atoms with Gasteiger partial charge in [0.15, 0.2) is 0 Å². The maximum absolute atomic E-state index is 12.3. The molecule has 1 aromatic heterocycles. The summed E-state index contributed by atoms with van der Waals surface area (Å²) in [6.07, 6.45) is 2.02. The Morgan fingerprint density at radius 3 is 2.87 bits per heavy atom. The fourth-order valence-electron chi connectivity index (χ4n) is 4.00. The highest BCUT2D eigenvalue weighted by Gasteiger charge is 2.60. The topological polar surface area (TPSA) is 81.3 Å². The number of aromatic nitrogens is 2. The molecule has 2 heterocycles. The zero-order chi connectivity index (χ0) is 16.8. The molecule has 3 atom stereocenters. The number of esters is 1. The van der Waals surface area contributed by atoms with E-state index in [1.165, 1.54) is 0 Å². The van der Waals surface area contributed by atoms with E-state index in [9.17, 15) is 9.59 Å². The van der Waals surface area contributed by atoms with Crippen LogP contribution in [0.3, 0.4) is 0 Å². The van der Waals surface area contributed by atoms with E-state index >= 15 is 0 Å². The lowest BCUT2D eigenvalue weighted by Crippen LogP contribution is -2.65. The van der Waals surface area contributed by atoms with Gasteiger partial charge in [-0.15, -0.1) is 0 Å². The van der Waals surface area contributed by atoms with Crippen molar-refractivity contribution in [2.75, 3.05) is 6.61 Å². The number of carbonyl (C=O) groups is 1. The van der Waals surface area contributed by atoms with Gasteiger partial charge in [-0.05, 0) is 26.7 Å². The van der Waals surface area contributed by atoms with Crippen molar-refractivity contribution in [2.24, 2.45) is 11.3 Å². The zero-order valence-electron chi connectivity index (χ0n) is 14.1. The number of hydrogen-bond acceptors (Lipinski definition) is 5. The monoisotopic (exact) mass is 320 g/mol. The van der Waals surface area contributed by atoms with Gasteiger partial charge < -0.3 is 14.5 Å². The van der Waals surface area contributed by atoms with E-state index in [0.717, 1.165) is 19.4 Å². The van der Waals surface area contributed by atoms with Crippen LogP contribution in [0.1, 0.15) is 43.8 Å². The summed E-state index contributed by atoms with van der Waals surface area (Å²) in [5.41, 5.74) is 0.524. The van der Waals surface area contributed by atoms with Crippen LogP contribution in [0, 0.1) is 25.2 Å². The molecule has 0 bridgehead atoms. The lowest BCUT2D eigenvalue weighted by molar-refractivity contribution is -0.254. The van der Waals surface area contributed by atoms with E-state index in [1.54, 1.807) is 13.8 Å². The van der Waals surface area contributed by atoms with Gasteiger partial charge in [0.1, 0.15) is 11.9 Å². The molecule has 126 valence electrons. The Bertz CT molecular complexity index is 680. The summed E-state index contributed by atoms with van der Waals surface area (Å²) in [6, 6.07) is 0. The van der Waals surface area contributed by atoms with Crippen LogP contribution >= 0.6 is 0 Å². The number of nitrogens with zero attached hydrogens (tertiary/aromatic N) is 1. The fraction of sp³-hybridized carbons (Fsp3) is 0.706. The van der Waals surface area contributed by atoms with Crippen LogP contribution in [-0.2, 0) is 20.7 Å². The summed E-state index contributed by atoms with van der Waals surface area (Å²) in [5, 5.41) is 0. The molecule has 6 nitrogen and oxygen atoms in total. The lowest BCUT2D eigenvalue weighted by atomic mass is 9.57. The van der Waals surface area contributed by atoms with Gasteiger partial charge in [0.25, 0.3) is 5.56 Å². The number of ether oxygens (including phenoxy) is 2. The minimum absolute atomic E-state index is 0.0424. The Morgan fingerprint density at radius 1 is 1.43 bits per heavy atom. The van der Waals surface area contributed by atoms with E-state index in [1.807, 2.05) is 0 Å². The minimum atomic E-state index is -0.369. The van der Waals surface area contributed by atoms with Crippen LogP contribution < -0.4 is 5.56 Å². The second-order valence-electron chi connectivity index (χ2n) is 7.22. The number of hydrogen-bond donors (Lipinski definition) is 1. The van der Waals surface area contributed by atoms with Crippen LogP contribution in [0.4, 0.5) is 0 Å². The molecule has 1 aliphatic heterocycles. The third-order valence-electron chi connectivity index (χ3n) is 5.14. The summed E-state index contributed by atoms with van der Waals surface area (Å²) < 4.78 is 11.5. The predicted molar refractivity (Wildman–Crippen MR) is 84.2 cm³/mol. The van der Waals surface area contributed by atoms with E-state index in [0.29, 0.717) is 17.1 Å². The van der Waals surface area contributed by atoms with Crippen molar-refractivity contribution in [3.63, 3.8) is 0 Å². The molecule has 23 heavy (non-hydrogen) atoms. The van der Waals surface area contributed by atoms with E-state index in [-0.39, 0.29) is 41.5 Å². The van der Waals surface area contributed by atoms with Crippen LogP contribution in [0.2, 0.25) is 0 Å². The first-order chi connectivity index (χ1) is 10.8. The maximum atomic E-state index is 12.3. The Kier molecular flexibility index (Phi) is 4.04. The third-order valence-corrected chi connectivity index (χ3v) is 5.14. The van der Waals surface area contributed by atoms with Gasteiger partial charge in [-0.1, -0.05) is 13.8 Å². The molecule has 0 radical (unpaired) electrons. The van der Waals surface area contributed by atoms with Crippen molar-refractivity contribution in [2.45, 2.75) is 59.2 Å². The summed E-state index contributed by atoms with van der Waals surface area (Å²) in [7, 11) is 0. The van der Waals surface area contributed by atoms with Crippen molar-refractivity contribution >= 4 is 5.97 Å². The first-order valence-electron chi connectivity index (χ1n) is 8.18. The molecule has 0 spiro atoms. The van der Waals surface area contributed by atoms with E-state index in [2.05, 4.69) is 23.8 Å². The fourth-order valence-corrected chi connectivity index (χ4v) is 4.00. The molecule has 1 aliphatic carbocycles. The normalized spacial score (nSPS) is 28.6. The average molecular weight is 320 g/mol. The molecule has 0 unspecified atom stereocenters. The summed E-state index contributed by atoms with van der Waals surface area (Å²) in [4.78, 5) is 31.2. The number of aryl methyl sites for hydroxylation is 2.